The van der Waals surface area contributed by atoms with Gasteiger partial charge in [0.2, 0.25) is 0 Å². The molecule has 0 aliphatic rings. The summed E-state index contributed by atoms with van der Waals surface area (Å²) >= 11 is 2.23. The first-order chi connectivity index (χ1) is 3.66. The van der Waals surface area contributed by atoms with Crippen molar-refractivity contribution in [3.8, 4) is 0 Å². The Balaban J connectivity index is 3.75. The third kappa shape index (κ3) is 4.00. The van der Waals surface area contributed by atoms with Crippen LogP contribution in [-0.4, -0.2) is 5.78 Å². The molecular weight excluding hydrogens is 195 g/mol. The van der Waals surface area contributed by atoms with Crippen molar-refractivity contribution in [1.29, 1.82) is 0 Å². The van der Waals surface area contributed by atoms with E-state index >= 15 is 0 Å². The van der Waals surface area contributed by atoms with E-state index in [2.05, 4.69) is 22.2 Å². The van der Waals surface area contributed by atoms with E-state index in [1.165, 1.54) is 13.0 Å². The molecule has 0 aliphatic carbocycles. The minimum absolute atomic E-state index is 0.000317. The van der Waals surface area contributed by atoms with Crippen LogP contribution in [0.15, 0.2) is 11.8 Å². The minimum atomic E-state index is 0.000317. The predicted octanol–water partition coefficient (Wildman–Crippen LogP) is 0.958. The van der Waals surface area contributed by atoms with Gasteiger partial charge in [0, 0.05) is 0 Å². The van der Waals surface area contributed by atoms with E-state index in [1.54, 1.807) is 6.92 Å². The number of hydrogen-bond acceptors (Lipinski definition) is 2. The summed E-state index contributed by atoms with van der Waals surface area (Å²) in [5, 5.41) is 0. The zero-order chi connectivity index (χ0) is 6.57. The molecule has 0 unspecified atom stereocenters. The molecule has 0 radical (unpaired) electrons. The Morgan fingerprint density at radius 2 is 2.12 bits per heavy atom. The summed E-state index contributed by atoms with van der Waals surface area (Å²) in [5.41, 5.74) is 0. The Bertz CT molecular complexity index is 118. The van der Waals surface area contributed by atoms with Gasteiger partial charge in [-0.2, -0.15) is 0 Å². The summed E-state index contributed by atoms with van der Waals surface area (Å²) in [6.07, 6.45) is 1.42. The van der Waals surface area contributed by atoms with Crippen LogP contribution >= 0.6 is 0 Å². The van der Waals surface area contributed by atoms with Crippen molar-refractivity contribution in [3.05, 3.63) is 11.8 Å². The molecule has 0 rings (SSSR count). The third-order valence-electron chi connectivity index (χ3n) is 0.514. The Hall–Kier alpha value is -0.167. The summed E-state index contributed by atoms with van der Waals surface area (Å²) in [4.78, 5) is 10.2. The first-order valence-corrected chi connectivity index (χ1v) is 2.79. The van der Waals surface area contributed by atoms with Crippen molar-refractivity contribution in [2.75, 3.05) is 0 Å². The fourth-order valence-electron chi connectivity index (χ4n) is 0.306. The predicted molar refractivity (Wildman–Crippen MR) is 25.5 cm³/mol. The van der Waals surface area contributed by atoms with E-state index in [4.69, 9.17) is 0 Å². The van der Waals surface area contributed by atoms with Crippen LogP contribution < -0.4 is 0 Å². The van der Waals surface area contributed by atoms with Crippen molar-refractivity contribution in [2.45, 2.75) is 13.8 Å². The van der Waals surface area contributed by atoms with E-state index in [1.807, 2.05) is 0 Å². The van der Waals surface area contributed by atoms with Gasteiger partial charge in [0.1, 0.15) is 0 Å². The van der Waals surface area contributed by atoms with E-state index in [-0.39, 0.29) is 5.78 Å². The second kappa shape index (κ2) is 3.79. The van der Waals surface area contributed by atoms with Gasteiger partial charge in [-0.25, -0.2) is 0 Å². The molecule has 3 heteroatoms. The van der Waals surface area contributed by atoms with Crippen LogP contribution in [-0.2, 0) is 27.0 Å². The van der Waals surface area contributed by atoms with Gasteiger partial charge >= 0.3 is 58.5 Å². The van der Waals surface area contributed by atoms with Gasteiger partial charge in [-0.05, 0) is 0 Å². The summed E-state index contributed by atoms with van der Waals surface area (Å²) in [5.74, 6) is 0.602. The van der Waals surface area contributed by atoms with Crippen LogP contribution in [0, 0.1) is 0 Å². The number of rotatable bonds is 2. The van der Waals surface area contributed by atoms with Gasteiger partial charge in [-0.1, -0.05) is 0 Å². The van der Waals surface area contributed by atoms with E-state index in [0.717, 1.165) is 0 Å². The number of carbonyl (C=O) groups excluding carboxylic acids is 1. The topological polar surface area (TPSA) is 26.3 Å². The van der Waals surface area contributed by atoms with Crippen LogP contribution in [0.5, 0.6) is 0 Å². The molecule has 0 amide bonds. The van der Waals surface area contributed by atoms with Gasteiger partial charge in [0.15, 0.2) is 0 Å². The average molecular weight is 202 g/mol. The van der Waals surface area contributed by atoms with Crippen molar-refractivity contribution in [3.63, 3.8) is 0 Å². The molecule has 0 aromatic heterocycles. The average Bonchev–Trinajstić information content (AvgIpc) is 1.65. The molecule has 8 heavy (non-hydrogen) atoms. The summed E-state index contributed by atoms with van der Waals surface area (Å²) in [7, 11) is 0. The molecule has 0 aliphatic heterocycles. The molecule has 0 saturated carbocycles. The SMILES string of the molecule is CC(=O)/C=C(/C)[O][Rh]. The molecule has 0 aromatic rings. The maximum absolute atomic E-state index is 10.2. The standard InChI is InChI=1S/C5H8O2.Rh/c1-4(6)3-5(2)7;/h3,6H,1-2H3;/q;+1/p-1/b4-3-;. The molecule has 0 atom stereocenters. The molecule has 0 aromatic carbocycles. The fourth-order valence-corrected chi connectivity index (χ4v) is 0.402. The quantitative estimate of drug-likeness (QED) is 0.378. The normalized spacial score (nSPS) is 11.2. The van der Waals surface area contributed by atoms with E-state index in [9.17, 15) is 4.79 Å². The summed E-state index contributed by atoms with van der Waals surface area (Å²) in [6.45, 7) is 3.19. The van der Waals surface area contributed by atoms with Gasteiger partial charge in [0.25, 0.3) is 0 Å². The van der Waals surface area contributed by atoms with Crippen LogP contribution in [0.1, 0.15) is 13.8 Å². The number of allylic oxidation sites excluding steroid dienone is 2. The van der Waals surface area contributed by atoms with E-state index < -0.39 is 0 Å². The Morgan fingerprint density at radius 1 is 1.62 bits per heavy atom. The van der Waals surface area contributed by atoms with Crippen molar-refractivity contribution < 1.29 is 27.0 Å². The van der Waals surface area contributed by atoms with Crippen LogP contribution in [0.25, 0.3) is 0 Å². The summed E-state index contributed by atoms with van der Waals surface area (Å²) < 4.78 is 4.59. The molecule has 0 N–H and O–H groups in total. The molecular formula is C5H7O2Rh. The van der Waals surface area contributed by atoms with Gasteiger partial charge in [0.05, 0.1) is 0 Å². The van der Waals surface area contributed by atoms with Crippen molar-refractivity contribution >= 4 is 5.78 Å². The second-order valence-electron chi connectivity index (χ2n) is 1.43. The monoisotopic (exact) mass is 202 g/mol. The zero-order valence-corrected chi connectivity index (χ0v) is 6.37. The summed E-state index contributed by atoms with van der Waals surface area (Å²) in [6, 6.07) is 0. The Kier molecular flexibility index (Phi) is 3.71. The Labute approximate surface area is 59.0 Å². The fraction of sp³-hybridized carbons (Fsp3) is 0.400. The van der Waals surface area contributed by atoms with Crippen LogP contribution in [0.4, 0.5) is 0 Å². The zero-order valence-electron chi connectivity index (χ0n) is 4.73. The van der Waals surface area contributed by atoms with Crippen molar-refractivity contribution in [2.24, 2.45) is 0 Å². The first kappa shape index (κ1) is 7.83. The number of ketones is 1. The van der Waals surface area contributed by atoms with Gasteiger partial charge in [-0.3, -0.25) is 0 Å². The molecule has 0 heterocycles. The molecule has 2 nitrogen and oxygen atoms in total. The molecule has 0 spiro atoms. The molecule has 48 valence electrons. The van der Waals surface area contributed by atoms with Crippen LogP contribution in [0.2, 0.25) is 0 Å². The molecule has 0 saturated heterocycles. The van der Waals surface area contributed by atoms with E-state index in [0.29, 0.717) is 5.76 Å². The Morgan fingerprint density at radius 3 is 2.25 bits per heavy atom. The van der Waals surface area contributed by atoms with Gasteiger partial charge < -0.3 is 0 Å². The molecule has 0 bridgehead atoms. The number of hydrogen-bond donors (Lipinski definition) is 0. The number of carbonyl (C=O) groups is 1. The van der Waals surface area contributed by atoms with Crippen LogP contribution in [0.3, 0.4) is 0 Å². The first-order valence-electron chi connectivity index (χ1n) is 2.12. The molecule has 0 fully saturated rings. The van der Waals surface area contributed by atoms with Gasteiger partial charge in [-0.15, -0.1) is 0 Å². The second-order valence-corrected chi connectivity index (χ2v) is 1.77. The third-order valence-corrected chi connectivity index (χ3v) is 1.04. The van der Waals surface area contributed by atoms with Crippen molar-refractivity contribution in [1.82, 2.24) is 0 Å². The maximum atomic E-state index is 10.2.